The number of rotatable bonds is 7. The van der Waals surface area contributed by atoms with Crippen molar-refractivity contribution in [3.05, 3.63) is 0 Å². The number of hydrogen-bond acceptors (Lipinski definition) is 4. The van der Waals surface area contributed by atoms with Crippen LogP contribution in [0.25, 0.3) is 0 Å². The molecule has 0 spiro atoms. The first-order valence-electron chi connectivity index (χ1n) is 13.0. The van der Waals surface area contributed by atoms with Gasteiger partial charge in [-0.15, -0.1) is 0 Å². The van der Waals surface area contributed by atoms with Crippen molar-refractivity contribution < 1.29 is 15.0 Å². The zero-order valence-corrected chi connectivity index (χ0v) is 20.0. The Morgan fingerprint density at radius 2 is 1.90 bits per heavy atom. The Balaban J connectivity index is 1.50. The van der Waals surface area contributed by atoms with Gasteiger partial charge in [0.05, 0.1) is 6.10 Å². The van der Waals surface area contributed by atoms with Crippen LogP contribution in [0.15, 0.2) is 0 Å². The zero-order valence-electron chi connectivity index (χ0n) is 20.0. The maximum Gasteiger partial charge on any atom is 0.303 e. The SMILES string of the molecule is C[C@H](CCC(=O)O)C1CCC2C3CC[C@@H]4C[C@H](NCCN)CC[C@]4(C)C3C[C@H](O)[C@@]21C. The Labute approximate surface area is 188 Å². The van der Waals surface area contributed by atoms with Gasteiger partial charge in [0.2, 0.25) is 0 Å². The number of carboxylic acids is 1. The standard InChI is InChI=1S/C26H46N2O3/c1-16(4-9-24(30)31)20-7-8-21-19-6-5-17-14-18(28-13-12-27)10-11-25(17,2)22(19)15-23(29)26(20,21)3/h16-23,28-29H,4-15,27H2,1-3H3,(H,30,31)/t16-,17-,18-,19?,20?,21?,22?,23+,25+,26-/m1/s1. The van der Waals surface area contributed by atoms with Gasteiger partial charge in [-0.1, -0.05) is 20.8 Å². The molecule has 178 valence electrons. The molecule has 4 aliphatic rings. The number of aliphatic hydroxyl groups is 1. The second-order valence-electron chi connectivity index (χ2n) is 12.1. The lowest BCUT2D eigenvalue weighted by atomic mass is 9.43. The minimum Gasteiger partial charge on any atom is -0.481 e. The zero-order chi connectivity index (χ0) is 22.4. The number of nitrogens with one attached hydrogen (secondary N) is 1. The molecule has 4 fully saturated rings. The van der Waals surface area contributed by atoms with Crippen molar-refractivity contribution >= 4 is 5.97 Å². The van der Waals surface area contributed by atoms with Crippen LogP contribution in [-0.4, -0.2) is 41.4 Å². The van der Waals surface area contributed by atoms with E-state index < -0.39 is 5.97 Å². The molecule has 0 saturated heterocycles. The first-order chi connectivity index (χ1) is 14.7. The van der Waals surface area contributed by atoms with E-state index in [1.807, 2.05) is 0 Å². The summed E-state index contributed by atoms with van der Waals surface area (Å²) in [6, 6.07) is 0.614. The molecule has 4 unspecified atom stereocenters. The number of hydrogen-bond donors (Lipinski definition) is 4. The molecule has 4 rings (SSSR count). The third-order valence-corrected chi connectivity index (χ3v) is 10.9. The van der Waals surface area contributed by atoms with Crippen LogP contribution in [0.5, 0.6) is 0 Å². The van der Waals surface area contributed by atoms with Gasteiger partial charge in [-0.25, -0.2) is 0 Å². The number of carbonyl (C=O) groups is 1. The molecular weight excluding hydrogens is 388 g/mol. The van der Waals surface area contributed by atoms with Gasteiger partial charge >= 0.3 is 5.97 Å². The molecule has 0 aliphatic heterocycles. The van der Waals surface area contributed by atoms with Crippen LogP contribution in [0.1, 0.15) is 85.0 Å². The molecule has 0 aromatic carbocycles. The molecule has 0 heterocycles. The van der Waals surface area contributed by atoms with Crippen LogP contribution < -0.4 is 11.1 Å². The Morgan fingerprint density at radius 1 is 1.13 bits per heavy atom. The van der Waals surface area contributed by atoms with E-state index >= 15 is 0 Å². The fourth-order valence-electron chi connectivity index (χ4n) is 9.21. The van der Waals surface area contributed by atoms with Crippen LogP contribution in [0.3, 0.4) is 0 Å². The van der Waals surface area contributed by atoms with Crippen LogP contribution in [0, 0.1) is 46.3 Å². The largest absolute Gasteiger partial charge is 0.481 e. The lowest BCUT2D eigenvalue weighted by Gasteiger charge is -2.62. The molecule has 0 aromatic rings. The monoisotopic (exact) mass is 434 g/mol. The molecule has 5 N–H and O–H groups in total. The minimum absolute atomic E-state index is 0.0395. The number of fused-ring (bicyclic) bond motifs is 5. The Kier molecular flexibility index (Phi) is 6.78. The summed E-state index contributed by atoms with van der Waals surface area (Å²) >= 11 is 0. The van der Waals surface area contributed by atoms with Gasteiger partial charge in [0.1, 0.15) is 0 Å². The molecule has 5 heteroatoms. The lowest BCUT2D eigenvalue weighted by molar-refractivity contribution is -0.170. The number of aliphatic hydroxyl groups excluding tert-OH is 1. The highest BCUT2D eigenvalue weighted by atomic mass is 16.4. The first-order valence-corrected chi connectivity index (χ1v) is 13.0. The molecular formula is C26H46N2O3. The Bertz CT molecular complexity index is 657. The molecule has 5 nitrogen and oxygen atoms in total. The second kappa shape index (κ2) is 8.95. The van der Waals surface area contributed by atoms with Gasteiger partial charge in [-0.05, 0) is 104 Å². The molecule has 0 aromatic heterocycles. The van der Waals surface area contributed by atoms with Crippen LogP contribution in [0.2, 0.25) is 0 Å². The summed E-state index contributed by atoms with van der Waals surface area (Å²) in [5.74, 6) is 2.87. The molecule has 4 saturated carbocycles. The third-order valence-electron chi connectivity index (χ3n) is 10.9. The van der Waals surface area contributed by atoms with E-state index in [9.17, 15) is 9.90 Å². The Morgan fingerprint density at radius 3 is 2.61 bits per heavy atom. The van der Waals surface area contributed by atoms with Gasteiger partial charge < -0.3 is 21.3 Å². The van der Waals surface area contributed by atoms with Gasteiger partial charge in [-0.2, -0.15) is 0 Å². The Hall–Kier alpha value is -0.650. The maximum absolute atomic E-state index is 11.6. The van der Waals surface area contributed by atoms with E-state index in [2.05, 4.69) is 26.1 Å². The number of aliphatic carboxylic acids is 1. The van der Waals surface area contributed by atoms with Gasteiger partial charge in [-0.3, -0.25) is 4.79 Å². The van der Waals surface area contributed by atoms with Crippen molar-refractivity contribution in [2.24, 2.45) is 52.1 Å². The van der Waals surface area contributed by atoms with Gasteiger partial charge in [0, 0.05) is 25.6 Å². The normalized spacial score (nSPS) is 47.8. The fraction of sp³-hybridized carbons (Fsp3) is 0.962. The van der Waals surface area contributed by atoms with E-state index in [4.69, 9.17) is 10.8 Å². The van der Waals surface area contributed by atoms with Crippen molar-refractivity contribution in [1.82, 2.24) is 5.32 Å². The quantitative estimate of drug-likeness (QED) is 0.485. The summed E-state index contributed by atoms with van der Waals surface area (Å²) in [7, 11) is 0. The summed E-state index contributed by atoms with van der Waals surface area (Å²) in [5, 5.41) is 24.4. The minimum atomic E-state index is -0.696. The smallest absolute Gasteiger partial charge is 0.303 e. The van der Waals surface area contributed by atoms with Crippen LogP contribution >= 0.6 is 0 Å². The summed E-state index contributed by atoms with van der Waals surface area (Å²) in [4.78, 5) is 11.1. The van der Waals surface area contributed by atoms with Crippen molar-refractivity contribution in [3.8, 4) is 0 Å². The molecule has 0 amide bonds. The first kappa shape index (κ1) is 23.5. The highest BCUT2D eigenvalue weighted by Crippen LogP contribution is 2.68. The summed E-state index contributed by atoms with van der Waals surface area (Å²) in [6.07, 6.45) is 10.5. The summed E-state index contributed by atoms with van der Waals surface area (Å²) in [6.45, 7) is 8.76. The van der Waals surface area contributed by atoms with E-state index in [0.717, 1.165) is 37.6 Å². The number of nitrogens with two attached hydrogens (primary N) is 1. The molecule has 0 radical (unpaired) electrons. The van der Waals surface area contributed by atoms with Gasteiger partial charge in [0.25, 0.3) is 0 Å². The molecule has 31 heavy (non-hydrogen) atoms. The second-order valence-corrected chi connectivity index (χ2v) is 12.1. The average Bonchev–Trinajstić information content (AvgIpc) is 3.10. The topological polar surface area (TPSA) is 95.6 Å². The summed E-state index contributed by atoms with van der Waals surface area (Å²) in [5.41, 5.74) is 6.04. The molecule has 4 aliphatic carbocycles. The van der Waals surface area contributed by atoms with Gasteiger partial charge in [0.15, 0.2) is 0 Å². The molecule has 10 atom stereocenters. The van der Waals surface area contributed by atoms with Crippen molar-refractivity contribution in [2.45, 2.75) is 97.1 Å². The average molecular weight is 435 g/mol. The number of carboxylic acid groups (broad SMARTS) is 1. The van der Waals surface area contributed by atoms with Crippen molar-refractivity contribution in [2.75, 3.05) is 13.1 Å². The highest BCUT2D eigenvalue weighted by molar-refractivity contribution is 5.66. The van der Waals surface area contributed by atoms with E-state index in [0.29, 0.717) is 41.7 Å². The van der Waals surface area contributed by atoms with Crippen molar-refractivity contribution in [1.29, 1.82) is 0 Å². The third kappa shape index (κ3) is 3.97. The van der Waals surface area contributed by atoms with Crippen LogP contribution in [-0.2, 0) is 4.79 Å². The van der Waals surface area contributed by atoms with E-state index in [1.54, 1.807) is 0 Å². The molecule has 0 bridgehead atoms. The predicted octanol–water partition coefficient (Wildman–Crippen LogP) is 4.03. The van der Waals surface area contributed by atoms with Crippen LogP contribution in [0.4, 0.5) is 0 Å². The highest BCUT2D eigenvalue weighted by Gasteiger charge is 2.63. The van der Waals surface area contributed by atoms with E-state index in [1.165, 1.54) is 38.5 Å². The maximum atomic E-state index is 11.6. The van der Waals surface area contributed by atoms with Crippen molar-refractivity contribution in [3.63, 3.8) is 0 Å². The fourth-order valence-corrected chi connectivity index (χ4v) is 9.21. The summed E-state index contributed by atoms with van der Waals surface area (Å²) < 4.78 is 0. The predicted molar refractivity (Wildman–Crippen MR) is 123 cm³/mol. The lowest BCUT2D eigenvalue weighted by Crippen LogP contribution is -2.59. The van der Waals surface area contributed by atoms with E-state index in [-0.39, 0.29) is 17.9 Å².